The first-order chi connectivity index (χ1) is 15.6. The average Bonchev–Trinajstić information content (AvgIpc) is 3.02. The smallest absolute Gasteiger partial charge is 0.325 e. The van der Waals surface area contributed by atoms with Crippen molar-refractivity contribution >= 4 is 45.2 Å². The molecule has 1 spiro atoms. The summed E-state index contributed by atoms with van der Waals surface area (Å²) in [6.07, 6.45) is 3.22. The Morgan fingerprint density at radius 2 is 2.00 bits per heavy atom. The molecule has 3 fully saturated rings. The van der Waals surface area contributed by atoms with Crippen molar-refractivity contribution in [2.75, 3.05) is 38.2 Å². The number of nitrogens with one attached hydrogen (secondary N) is 2. The summed E-state index contributed by atoms with van der Waals surface area (Å²) in [5.74, 6) is -1.02. The van der Waals surface area contributed by atoms with Crippen molar-refractivity contribution in [3.63, 3.8) is 0 Å². The molecule has 2 saturated heterocycles. The number of anilines is 1. The number of hydrogen-bond acceptors (Lipinski definition) is 6. The van der Waals surface area contributed by atoms with Gasteiger partial charge in [0.25, 0.3) is 5.91 Å². The van der Waals surface area contributed by atoms with E-state index in [9.17, 15) is 22.8 Å². The molecule has 1 aromatic rings. The Kier molecular flexibility index (Phi) is 6.68. The third-order valence-electron chi connectivity index (χ3n) is 6.61. The first kappa shape index (κ1) is 23.9. The molecule has 1 aromatic carbocycles. The molecule has 2 aliphatic heterocycles. The van der Waals surface area contributed by atoms with Gasteiger partial charge in [-0.1, -0.05) is 31.4 Å². The molecule has 2 heterocycles. The number of hydrogen-bond donors (Lipinski definition) is 2. The summed E-state index contributed by atoms with van der Waals surface area (Å²) in [6.45, 7) is 2.47. The highest BCUT2D eigenvalue weighted by Crippen LogP contribution is 2.38. The van der Waals surface area contributed by atoms with E-state index in [0.29, 0.717) is 19.6 Å². The van der Waals surface area contributed by atoms with Gasteiger partial charge in [0.2, 0.25) is 15.9 Å². The van der Waals surface area contributed by atoms with Crippen molar-refractivity contribution in [3.8, 4) is 0 Å². The summed E-state index contributed by atoms with van der Waals surface area (Å²) in [5.41, 5.74) is -0.751. The van der Waals surface area contributed by atoms with Crippen molar-refractivity contribution in [2.24, 2.45) is 5.92 Å². The Morgan fingerprint density at radius 1 is 1.27 bits per heavy atom. The van der Waals surface area contributed by atoms with Gasteiger partial charge in [-0.05, 0) is 37.0 Å². The molecule has 2 N–H and O–H groups in total. The maximum atomic E-state index is 13.0. The number of carbonyl (C=O) groups excluding carboxylic acids is 3. The molecule has 4 amide bonds. The molecular formula is C21H27ClN4O6S. The zero-order valence-corrected chi connectivity index (χ0v) is 19.9. The molecule has 3 aliphatic rings. The lowest BCUT2D eigenvalue weighted by atomic mass is 9.73. The minimum atomic E-state index is -3.87. The summed E-state index contributed by atoms with van der Waals surface area (Å²) in [4.78, 5) is 39.0. The summed E-state index contributed by atoms with van der Waals surface area (Å²) in [7, 11) is -3.87. The molecule has 10 nitrogen and oxygen atoms in total. The molecule has 1 aliphatic carbocycles. The molecule has 0 unspecified atom stereocenters. The van der Waals surface area contributed by atoms with Crippen LogP contribution >= 0.6 is 11.6 Å². The maximum Gasteiger partial charge on any atom is 0.325 e. The quantitative estimate of drug-likeness (QED) is 0.596. The Morgan fingerprint density at radius 3 is 2.70 bits per heavy atom. The number of benzene rings is 1. The SMILES string of the molecule is C[C@H]1CCCC[C@@]12NC(=O)N(CC(=O)Nc1ccc(Cl)c(S(=O)(=O)N3CCOCC3)c1)C2=O. The lowest BCUT2D eigenvalue weighted by Crippen LogP contribution is -2.54. The van der Waals surface area contributed by atoms with Crippen molar-refractivity contribution in [1.82, 2.24) is 14.5 Å². The summed E-state index contributed by atoms with van der Waals surface area (Å²) in [5, 5.41) is 5.41. The predicted octanol–water partition coefficient (Wildman–Crippen LogP) is 1.80. The van der Waals surface area contributed by atoms with E-state index >= 15 is 0 Å². The van der Waals surface area contributed by atoms with Crippen LogP contribution in [0, 0.1) is 5.92 Å². The third-order valence-corrected chi connectivity index (χ3v) is 8.99. The van der Waals surface area contributed by atoms with E-state index < -0.39 is 34.0 Å². The van der Waals surface area contributed by atoms with E-state index in [2.05, 4.69) is 10.6 Å². The normalized spacial score (nSPS) is 26.5. The highest BCUT2D eigenvalue weighted by molar-refractivity contribution is 7.89. The van der Waals surface area contributed by atoms with E-state index in [1.54, 1.807) is 0 Å². The fourth-order valence-electron chi connectivity index (χ4n) is 4.69. The zero-order chi connectivity index (χ0) is 23.8. The number of sulfonamides is 1. The lowest BCUT2D eigenvalue weighted by molar-refractivity contribution is -0.136. The van der Waals surface area contributed by atoms with Crippen LogP contribution in [-0.4, -0.2) is 73.9 Å². The van der Waals surface area contributed by atoms with Gasteiger partial charge in [-0.2, -0.15) is 4.31 Å². The van der Waals surface area contributed by atoms with Gasteiger partial charge in [0, 0.05) is 18.8 Å². The van der Waals surface area contributed by atoms with Gasteiger partial charge in [0.1, 0.15) is 17.0 Å². The van der Waals surface area contributed by atoms with E-state index in [1.165, 1.54) is 22.5 Å². The van der Waals surface area contributed by atoms with E-state index in [1.807, 2.05) is 6.92 Å². The third kappa shape index (κ3) is 4.46. The predicted molar refractivity (Wildman–Crippen MR) is 120 cm³/mol. The van der Waals surface area contributed by atoms with Crippen molar-refractivity contribution in [3.05, 3.63) is 23.2 Å². The van der Waals surface area contributed by atoms with Crippen LogP contribution in [0.1, 0.15) is 32.6 Å². The van der Waals surface area contributed by atoms with Crippen LogP contribution in [-0.2, 0) is 24.3 Å². The van der Waals surface area contributed by atoms with Crippen LogP contribution in [0.15, 0.2) is 23.1 Å². The van der Waals surface area contributed by atoms with Gasteiger partial charge >= 0.3 is 6.03 Å². The standard InChI is InChI=1S/C21H27ClN4O6S/c1-14-4-2-3-7-21(14)19(28)26(20(29)24-21)13-18(27)23-15-5-6-16(22)17(12-15)33(30,31)25-8-10-32-11-9-25/h5-6,12,14H,2-4,7-11,13H2,1H3,(H,23,27)(H,24,29)/t14-,21+/m0/s1. The highest BCUT2D eigenvalue weighted by atomic mass is 35.5. The van der Waals surface area contributed by atoms with Crippen LogP contribution in [0.3, 0.4) is 0 Å². The summed E-state index contributed by atoms with van der Waals surface area (Å²) >= 11 is 6.15. The number of rotatable bonds is 5. The second-order valence-corrected chi connectivity index (χ2v) is 11.0. The molecule has 0 bridgehead atoms. The highest BCUT2D eigenvalue weighted by Gasteiger charge is 2.55. The van der Waals surface area contributed by atoms with E-state index in [4.69, 9.17) is 16.3 Å². The molecule has 0 radical (unpaired) electrons. The van der Waals surface area contributed by atoms with Crippen LogP contribution in [0.2, 0.25) is 5.02 Å². The maximum absolute atomic E-state index is 13.0. The molecule has 1 saturated carbocycles. The van der Waals surface area contributed by atoms with Crippen LogP contribution in [0.4, 0.5) is 10.5 Å². The number of carbonyl (C=O) groups is 3. The fraction of sp³-hybridized carbons (Fsp3) is 0.571. The Hall–Kier alpha value is -2.21. The second kappa shape index (κ2) is 9.21. The molecule has 4 rings (SSSR count). The lowest BCUT2D eigenvalue weighted by Gasteiger charge is -2.36. The van der Waals surface area contributed by atoms with Crippen LogP contribution in [0.25, 0.3) is 0 Å². The first-order valence-electron chi connectivity index (χ1n) is 11.0. The van der Waals surface area contributed by atoms with Crippen molar-refractivity contribution in [1.29, 1.82) is 0 Å². The van der Waals surface area contributed by atoms with E-state index in [0.717, 1.165) is 24.2 Å². The summed E-state index contributed by atoms with van der Waals surface area (Å²) in [6, 6.07) is 3.55. The zero-order valence-electron chi connectivity index (χ0n) is 18.3. The molecule has 180 valence electrons. The number of ether oxygens (including phenoxy) is 1. The Bertz CT molecular complexity index is 1070. The molecule has 0 aromatic heterocycles. The van der Waals surface area contributed by atoms with E-state index in [-0.39, 0.29) is 40.5 Å². The first-order valence-corrected chi connectivity index (χ1v) is 12.8. The summed E-state index contributed by atoms with van der Waals surface area (Å²) < 4.78 is 32.4. The average molecular weight is 499 g/mol. The van der Waals surface area contributed by atoms with Gasteiger partial charge in [-0.15, -0.1) is 0 Å². The topological polar surface area (TPSA) is 125 Å². The van der Waals surface area contributed by atoms with Crippen molar-refractivity contribution in [2.45, 2.75) is 43.0 Å². The van der Waals surface area contributed by atoms with Gasteiger partial charge < -0.3 is 15.4 Å². The minimum Gasteiger partial charge on any atom is -0.379 e. The number of urea groups is 1. The molecule has 33 heavy (non-hydrogen) atoms. The van der Waals surface area contributed by atoms with Crippen LogP contribution < -0.4 is 10.6 Å². The molecular weight excluding hydrogens is 472 g/mol. The Labute approximate surface area is 197 Å². The number of amides is 4. The number of imide groups is 1. The fourth-order valence-corrected chi connectivity index (χ4v) is 6.60. The van der Waals surface area contributed by atoms with Gasteiger partial charge in [-0.25, -0.2) is 13.2 Å². The largest absolute Gasteiger partial charge is 0.379 e. The number of halogens is 1. The second-order valence-electron chi connectivity index (χ2n) is 8.65. The van der Waals surface area contributed by atoms with Gasteiger partial charge in [0.05, 0.1) is 18.2 Å². The van der Waals surface area contributed by atoms with Crippen molar-refractivity contribution < 1.29 is 27.5 Å². The molecule has 12 heteroatoms. The number of nitrogens with zero attached hydrogens (tertiary/aromatic N) is 2. The van der Waals surface area contributed by atoms with Crippen LogP contribution in [0.5, 0.6) is 0 Å². The number of morpholine rings is 1. The Balaban J connectivity index is 1.47. The minimum absolute atomic E-state index is 0.0139. The monoisotopic (exact) mass is 498 g/mol. The van der Waals surface area contributed by atoms with Gasteiger partial charge in [0.15, 0.2) is 0 Å². The molecule has 2 atom stereocenters. The van der Waals surface area contributed by atoms with Gasteiger partial charge in [-0.3, -0.25) is 14.5 Å².